The average molecular weight is 404 g/mol. The molecule has 0 aliphatic heterocycles. The third-order valence-electron chi connectivity index (χ3n) is 3.60. The van der Waals surface area contributed by atoms with Crippen molar-refractivity contribution in [1.29, 1.82) is 0 Å². The molecular formula is C17H16N4O6S. The first-order chi connectivity index (χ1) is 13.5. The van der Waals surface area contributed by atoms with Crippen molar-refractivity contribution in [1.82, 2.24) is 14.5 Å². The number of H-pyrrole nitrogens is 1. The van der Waals surface area contributed by atoms with Gasteiger partial charge in [0.2, 0.25) is 0 Å². The maximum atomic E-state index is 12.5. The van der Waals surface area contributed by atoms with Gasteiger partial charge in [-0.3, -0.25) is 24.3 Å². The van der Waals surface area contributed by atoms with Crippen LogP contribution in [-0.2, 0) is 22.5 Å². The van der Waals surface area contributed by atoms with Crippen molar-refractivity contribution in [2.75, 3.05) is 11.9 Å². The number of carbonyl (C=O) groups excluding carboxylic acids is 2. The van der Waals surface area contributed by atoms with Crippen LogP contribution in [-0.4, -0.2) is 33.0 Å². The minimum absolute atomic E-state index is 0.0190. The van der Waals surface area contributed by atoms with Gasteiger partial charge in [0, 0.05) is 11.6 Å². The van der Waals surface area contributed by atoms with Gasteiger partial charge in [0.1, 0.15) is 11.3 Å². The summed E-state index contributed by atoms with van der Waals surface area (Å²) in [5.41, 5.74) is -1.24. The zero-order valence-electron chi connectivity index (χ0n) is 14.8. The summed E-state index contributed by atoms with van der Waals surface area (Å²) in [6, 6.07) is 3.24. The van der Waals surface area contributed by atoms with Crippen LogP contribution in [0.3, 0.4) is 0 Å². The van der Waals surface area contributed by atoms with Crippen LogP contribution in [0.15, 0.2) is 44.0 Å². The number of furan rings is 1. The van der Waals surface area contributed by atoms with Crippen LogP contribution in [0, 0.1) is 0 Å². The molecule has 11 heteroatoms. The first-order valence-electron chi connectivity index (χ1n) is 8.24. The molecule has 0 saturated heterocycles. The summed E-state index contributed by atoms with van der Waals surface area (Å²) in [5, 5.41) is 4.31. The number of carbonyl (C=O) groups is 2. The van der Waals surface area contributed by atoms with E-state index in [0.29, 0.717) is 11.5 Å². The molecule has 3 rings (SSSR count). The Bertz CT molecular complexity index is 1100. The number of hydrogen-bond acceptors (Lipinski definition) is 8. The highest BCUT2D eigenvalue weighted by molar-refractivity contribution is 7.14. The molecule has 10 nitrogen and oxygen atoms in total. The average Bonchev–Trinajstić information content (AvgIpc) is 3.31. The van der Waals surface area contributed by atoms with Gasteiger partial charge in [0.25, 0.3) is 11.5 Å². The molecule has 0 aliphatic rings. The molecule has 3 aromatic rings. The lowest BCUT2D eigenvalue weighted by atomic mass is 10.3. The third kappa shape index (κ3) is 4.43. The number of rotatable bonds is 7. The Kier molecular flexibility index (Phi) is 5.84. The van der Waals surface area contributed by atoms with Crippen molar-refractivity contribution in [3.63, 3.8) is 0 Å². The van der Waals surface area contributed by atoms with Crippen molar-refractivity contribution in [3.05, 3.63) is 67.8 Å². The lowest BCUT2D eigenvalue weighted by molar-refractivity contribution is -0.142. The molecule has 0 radical (unpaired) electrons. The van der Waals surface area contributed by atoms with Crippen LogP contribution < -0.4 is 16.6 Å². The van der Waals surface area contributed by atoms with Crippen molar-refractivity contribution in [2.24, 2.45) is 0 Å². The number of aromatic amines is 1. The Morgan fingerprint density at radius 2 is 2.21 bits per heavy atom. The highest BCUT2D eigenvalue weighted by atomic mass is 32.1. The van der Waals surface area contributed by atoms with E-state index >= 15 is 0 Å². The monoisotopic (exact) mass is 404 g/mol. The van der Waals surface area contributed by atoms with Gasteiger partial charge in [0.05, 0.1) is 31.5 Å². The van der Waals surface area contributed by atoms with E-state index in [4.69, 9.17) is 9.15 Å². The molecule has 0 unspecified atom stereocenters. The van der Waals surface area contributed by atoms with E-state index in [9.17, 15) is 19.2 Å². The van der Waals surface area contributed by atoms with Gasteiger partial charge >= 0.3 is 11.7 Å². The predicted molar refractivity (Wildman–Crippen MR) is 99.5 cm³/mol. The molecule has 146 valence electrons. The highest BCUT2D eigenvalue weighted by Gasteiger charge is 2.17. The first kappa shape index (κ1) is 19.3. The second-order valence-corrected chi connectivity index (χ2v) is 6.42. The van der Waals surface area contributed by atoms with Crippen LogP contribution in [0.2, 0.25) is 0 Å². The first-order valence-corrected chi connectivity index (χ1v) is 9.12. The predicted octanol–water partition coefficient (Wildman–Crippen LogP) is 0.992. The number of anilines is 1. The van der Waals surface area contributed by atoms with E-state index in [1.165, 1.54) is 6.26 Å². The molecule has 0 atom stereocenters. The van der Waals surface area contributed by atoms with Crippen molar-refractivity contribution in [3.8, 4) is 0 Å². The maximum absolute atomic E-state index is 12.5. The van der Waals surface area contributed by atoms with Gasteiger partial charge in [-0.25, -0.2) is 9.78 Å². The topological polar surface area (TPSA) is 136 Å². The summed E-state index contributed by atoms with van der Waals surface area (Å²) in [6.45, 7) is 1.86. The van der Waals surface area contributed by atoms with E-state index in [2.05, 4.69) is 15.3 Å². The van der Waals surface area contributed by atoms with Crippen molar-refractivity contribution < 1.29 is 18.7 Å². The highest BCUT2D eigenvalue weighted by Crippen LogP contribution is 2.16. The van der Waals surface area contributed by atoms with Gasteiger partial charge in [0.15, 0.2) is 5.13 Å². The van der Waals surface area contributed by atoms with Crippen molar-refractivity contribution >= 4 is 28.3 Å². The Labute approximate surface area is 161 Å². The van der Waals surface area contributed by atoms with Gasteiger partial charge in [-0.2, -0.15) is 0 Å². The molecule has 1 amide bonds. The Morgan fingerprint density at radius 3 is 2.93 bits per heavy atom. The largest absolute Gasteiger partial charge is 0.467 e. The van der Waals surface area contributed by atoms with E-state index < -0.39 is 23.1 Å². The lowest BCUT2D eigenvalue weighted by Gasteiger charge is -2.05. The van der Waals surface area contributed by atoms with Crippen LogP contribution >= 0.6 is 11.3 Å². The summed E-state index contributed by atoms with van der Waals surface area (Å²) in [7, 11) is 0. The number of amides is 1. The minimum Gasteiger partial charge on any atom is -0.467 e. The van der Waals surface area contributed by atoms with Crippen LogP contribution in [0.25, 0.3) is 0 Å². The summed E-state index contributed by atoms with van der Waals surface area (Å²) in [5.74, 6) is -0.757. The summed E-state index contributed by atoms with van der Waals surface area (Å²) in [4.78, 5) is 54.9. The number of thiazole rings is 1. The molecule has 0 bridgehead atoms. The van der Waals surface area contributed by atoms with Gasteiger partial charge in [-0.1, -0.05) is 0 Å². The zero-order valence-corrected chi connectivity index (χ0v) is 15.6. The van der Waals surface area contributed by atoms with Crippen LogP contribution in [0.4, 0.5) is 5.13 Å². The number of ether oxygens (including phenoxy) is 1. The second kappa shape index (κ2) is 8.48. The number of nitrogens with one attached hydrogen (secondary N) is 2. The molecule has 0 saturated carbocycles. The number of hydrogen-bond donors (Lipinski definition) is 2. The maximum Gasteiger partial charge on any atom is 0.328 e. The number of aromatic nitrogens is 3. The standard InChI is InChI=1S/C17H16N4O6S/c1-2-26-13(22)6-10-9-28-16(19-10)20-14(23)12-7-18-17(25)21(15(12)24)8-11-4-3-5-27-11/h3-5,7,9H,2,6,8H2,1H3,(H,18,25)(H,19,20,23). The second-order valence-electron chi connectivity index (χ2n) is 5.56. The fourth-order valence-electron chi connectivity index (χ4n) is 2.35. The van der Waals surface area contributed by atoms with Crippen LogP contribution in [0.1, 0.15) is 28.7 Å². The normalized spacial score (nSPS) is 10.6. The Morgan fingerprint density at radius 1 is 1.39 bits per heavy atom. The molecule has 3 aromatic heterocycles. The molecule has 2 N–H and O–H groups in total. The zero-order chi connectivity index (χ0) is 20.1. The SMILES string of the molecule is CCOC(=O)Cc1csc(NC(=O)c2c[nH]c(=O)n(Cc3ccco3)c2=O)n1. The van der Waals surface area contributed by atoms with E-state index in [0.717, 1.165) is 22.1 Å². The molecule has 0 aliphatic carbocycles. The Balaban J connectivity index is 1.76. The van der Waals surface area contributed by atoms with E-state index in [-0.39, 0.29) is 30.3 Å². The molecule has 0 aromatic carbocycles. The van der Waals surface area contributed by atoms with Gasteiger partial charge in [-0.05, 0) is 19.1 Å². The number of nitrogens with zero attached hydrogens (tertiary/aromatic N) is 2. The molecular weight excluding hydrogens is 388 g/mol. The molecule has 0 fully saturated rings. The summed E-state index contributed by atoms with van der Waals surface area (Å²) in [6.07, 6.45) is 2.45. The van der Waals surface area contributed by atoms with Gasteiger partial charge in [-0.15, -0.1) is 11.3 Å². The van der Waals surface area contributed by atoms with E-state index in [1.807, 2.05) is 0 Å². The molecule has 28 heavy (non-hydrogen) atoms. The molecule has 0 spiro atoms. The fraction of sp³-hybridized carbons (Fsp3) is 0.235. The smallest absolute Gasteiger partial charge is 0.328 e. The minimum atomic E-state index is -0.763. The summed E-state index contributed by atoms with van der Waals surface area (Å²) >= 11 is 1.10. The third-order valence-corrected chi connectivity index (χ3v) is 4.41. The molecule has 3 heterocycles. The quantitative estimate of drug-likeness (QED) is 0.560. The van der Waals surface area contributed by atoms with Gasteiger partial charge < -0.3 is 14.1 Å². The lowest BCUT2D eigenvalue weighted by Crippen LogP contribution is -2.39. The number of esters is 1. The van der Waals surface area contributed by atoms with Crippen molar-refractivity contribution in [2.45, 2.75) is 19.9 Å². The Hall–Kier alpha value is -3.47. The van der Waals surface area contributed by atoms with Crippen LogP contribution in [0.5, 0.6) is 0 Å². The summed E-state index contributed by atoms with van der Waals surface area (Å²) < 4.78 is 10.8. The fourth-order valence-corrected chi connectivity index (χ4v) is 3.05. The van der Waals surface area contributed by atoms with E-state index in [1.54, 1.807) is 24.4 Å².